The lowest BCUT2D eigenvalue weighted by Crippen LogP contribution is -2.05. The van der Waals surface area contributed by atoms with Gasteiger partial charge in [0.05, 0.1) is 5.92 Å². The van der Waals surface area contributed by atoms with Crippen LogP contribution in [-0.2, 0) is 11.2 Å². The Morgan fingerprint density at radius 3 is 2.32 bits per heavy atom. The molecule has 3 atom stereocenters. The zero-order valence-corrected chi connectivity index (χ0v) is 16.1. The lowest BCUT2D eigenvalue weighted by atomic mass is 9.96. The normalized spacial score (nSPS) is 21.7. The molecule has 5 rings (SSSR count). The Bertz CT molecular complexity index is 1060. The van der Waals surface area contributed by atoms with Crippen molar-refractivity contribution in [1.82, 2.24) is 0 Å². The van der Waals surface area contributed by atoms with Crippen molar-refractivity contribution in [1.29, 1.82) is 0 Å². The summed E-state index contributed by atoms with van der Waals surface area (Å²) in [5.41, 5.74) is 9.76. The molecule has 1 saturated carbocycles. The SMILES string of the molecule is Cc1cccc(C)c1-c1ccc(Nc2ccc3c(c2)CC2C(C(=O)O)C32)cc1. The lowest BCUT2D eigenvalue weighted by Gasteiger charge is -2.13. The third kappa shape index (κ3) is 2.70. The summed E-state index contributed by atoms with van der Waals surface area (Å²) < 4.78 is 0. The summed E-state index contributed by atoms with van der Waals surface area (Å²) in [6, 6.07) is 21.3. The number of carboxylic acid groups (broad SMARTS) is 1. The van der Waals surface area contributed by atoms with Crippen LogP contribution in [0.25, 0.3) is 11.1 Å². The molecule has 0 aliphatic heterocycles. The topological polar surface area (TPSA) is 49.3 Å². The van der Waals surface area contributed by atoms with Crippen LogP contribution < -0.4 is 5.32 Å². The number of hydrogen-bond acceptors (Lipinski definition) is 2. The van der Waals surface area contributed by atoms with Gasteiger partial charge in [0.2, 0.25) is 0 Å². The van der Waals surface area contributed by atoms with Crippen molar-refractivity contribution < 1.29 is 9.90 Å². The zero-order valence-electron chi connectivity index (χ0n) is 16.1. The summed E-state index contributed by atoms with van der Waals surface area (Å²) >= 11 is 0. The number of nitrogens with one attached hydrogen (secondary N) is 1. The van der Waals surface area contributed by atoms with Gasteiger partial charge in [-0.1, -0.05) is 36.4 Å². The number of aryl methyl sites for hydroxylation is 2. The van der Waals surface area contributed by atoms with Crippen molar-refractivity contribution >= 4 is 17.3 Å². The molecule has 3 heteroatoms. The van der Waals surface area contributed by atoms with E-state index in [1.807, 2.05) is 0 Å². The minimum absolute atomic E-state index is 0.163. The fourth-order valence-electron chi connectivity index (χ4n) is 4.98. The fraction of sp³-hybridized carbons (Fsp3) is 0.240. The van der Waals surface area contributed by atoms with E-state index in [0.717, 1.165) is 17.8 Å². The molecule has 0 radical (unpaired) electrons. The Morgan fingerprint density at radius 2 is 1.64 bits per heavy atom. The molecule has 2 aliphatic carbocycles. The van der Waals surface area contributed by atoms with Crippen LogP contribution in [0.1, 0.15) is 28.2 Å². The molecule has 0 spiro atoms. The van der Waals surface area contributed by atoms with E-state index in [9.17, 15) is 9.90 Å². The van der Waals surface area contributed by atoms with Crippen LogP contribution in [0, 0.1) is 25.7 Å². The smallest absolute Gasteiger partial charge is 0.307 e. The van der Waals surface area contributed by atoms with Gasteiger partial charge in [0.1, 0.15) is 0 Å². The Labute approximate surface area is 165 Å². The van der Waals surface area contributed by atoms with Gasteiger partial charge in [-0.3, -0.25) is 4.79 Å². The molecule has 0 bridgehead atoms. The van der Waals surface area contributed by atoms with Gasteiger partial charge in [-0.05, 0) is 83.8 Å². The molecule has 1 fully saturated rings. The molecule has 2 aliphatic rings. The van der Waals surface area contributed by atoms with E-state index in [2.05, 4.69) is 79.8 Å². The van der Waals surface area contributed by atoms with Crippen LogP contribution >= 0.6 is 0 Å². The van der Waals surface area contributed by atoms with E-state index >= 15 is 0 Å². The quantitative estimate of drug-likeness (QED) is 0.622. The summed E-state index contributed by atoms with van der Waals surface area (Å²) in [5.74, 6) is -0.270. The van der Waals surface area contributed by atoms with Crippen LogP contribution in [0.5, 0.6) is 0 Å². The van der Waals surface area contributed by atoms with Crippen molar-refractivity contribution in [2.45, 2.75) is 26.2 Å². The van der Waals surface area contributed by atoms with Gasteiger partial charge in [0, 0.05) is 17.3 Å². The average Bonchev–Trinajstić information content (AvgIpc) is 3.26. The van der Waals surface area contributed by atoms with Gasteiger partial charge >= 0.3 is 5.97 Å². The van der Waals surface area contributed by atoms with E-state index < -0.39 is 5.97 Å². The Kier molecular flexibility index (Phi) is 3.80. The third-order valence-electron chi connectivity index (χ3n) is 6.35. The number of hydrogen-bond donors (Lipinski definition) is 2. The molecule has 2 N–H and O–H groups in total. The van der Waals surface area contributed by atoms with E-state index in [1.165, 1.54) is 33.4 Å². The van der Waals surface area contributed by atoms with Crippen molar-refractivity contribution in [2.24, 2.45) is 11.8 Å². The van der Waals surface area contributed by atoms with E-state index in [4.69, 9.17) is 0 Å². The highest BCUT2D eigenvalue weighted by atomic mass is 16.4. The molecule has 28 heavy (non-hydrogen) atoms. The second-order valence-corrected chi connectivity index (χ2v) is 8.14. The standard InChI is InChI=1S/C25H23NO2/c1-14-4-3-5-15(2)22(14)16-6-8-18(9-7-16)26-19-10-11-20-17(12-19)13-21-23(20)24(21)25(27)28/h3-12,21,23-24,26H,13H2,1-2H3,(H,27,28). The predicted octanol–water partition coefficient (Wildman–Crippen LogP) is 5.68. The van der Waals surface area contributed by atoms with Crippen molar-refractivity contribution in [3.05, 3.63) is 82.9 Å². The zero-order chi connectivity index (χ0) is 19.4. The first-order valence-electron chi connectivity index (χ1n) is 9.82. The number of rotatable bonds is 4. The molecule has 3 aromatic carbocycles. The minimum atomic E-state index is -0.646. The summed E-state index contributed by atoms with van der Waals surface area (Å²) in [5, 5.41) is 12.7. The van der Waals surface area contributed by atoms with Crippen molar-refractivity contribution in [2.75, 3.05) is 5.32 Å². The lowest BCUT2D eigenvalue weighted by molar-refractivity contribution is -0.139. The number of anilines is 2. The van der Waals surface area contributed by atoms with Crippen molar-refractivity contribution in [3.8, 4) is 11.1 Å². The van der Waals surface area contributed by atoms with E-state index in [0.29, 0.717) is 5.92 Å². The van der Waals surface area contributed by atoms with Crippen LogP contribution in [0.4, 0.5) is 11.4 Å². The Balaban J connectivity index is 1.35. The largest absolute Gasteiger partial charge is 0.481 e. The first-order valence-corrected chi connectivity index (χ1v) is 9.82. The number of carboxylic acids is 1. The third-order valence-corrected chi connectivity index (χ3v) is 6.35. The number of carbonyl (C=O) groups is 1. The maximum atomic E-state index is 11.3. The van der Waals surface area contributed by atoms with E-state index in [1.54, 1.807) is 0 Å². The van der Waals surface area contributed by atoms with Gasteiger partial charge in [-0.15, -0.1) is 0 Å². The van der Waals surface area contributed by atoms with Crippen LogP contribution in [0.15, 0.2) is 60.7 Å². The van der Waals surface area contributed by atoms with Crippen LogP contribution in [-0.4, -0.2) is 11.1 Å². The second-order valence-electron chi connectivity index (χ2n) is 8.14. The highest BCUT2D eigenvalue weighted by Gasteiger charge is 2.59. The van der Waals surface area contributed by atoms with Gasteiger partial charge in [0.15, 0.2) is 0 Å². The van der Waals surface area contributed by atoms with Crippen LogP contribution in [0.3, 0.4) is 0 Å². The molecule has 140 valence electrons. The summed E-state index contributed by atoms with van der Waals surface area (Å²) in [6.07, 6.45) is 0.887. The molecule has 3 unspecified atom stereocenters. The number of benzene rings is 3. The highest BCUT2D eigenvalue weighted by molar-refractivity contribution is 5.78. The maximum absolute atomic E-state index is 11.3. The van der Waals surface area contributed by atoms with Crippen molar-refractivity contribution in [3.63, 3.8) is 0 Å². The molecular formula is C25H23NO2. The Hall–Kier alpha value is -3.07. The molecule has 0 aromatic heterocycles. The number of aliphatic carboxylic acids is 1. The second kappa shape index (κ2) is 6.23. The molecule has 0 heterocycles. The Morgan fingerprint density at radius 1 is 0.964 bits per heavy atom. The predicted molar refractivity (Wildman–Crippen MR) is 112 cm³/mol. The van der Waals surface area contributed by atoms with Crippen LogP contribution in [0.2, 0.25) is 0 Å². The highest BCUT2D eigenvalue weighted by Crippen LogP contribution is 2.61. The summed E-state index contributed by atoms with van der Waals surface area (Å²) in [7, 11) is 0. The van der Waals surface area contributed by atoms with E-state index in [-0.39, 0.29) is 11.8 Å². The molecular weight excluding hydrogens is 346 g/mol. The molecule has 0 saturated heterocycles. The molecule has 0 amide bonds. The average molecular weight is 369 g/mol. The van der Waals surface area contributed by atoms with Gasteiger partial charge in [-0.2, -0.15) is 0 Å². The molecule has 3 nitrogen and oxygen atoms in total. The van der Waals surface area contributed by atoms with Gasteiger partial charge < -0.3 is 10.4 Å². The molecule has 3 aromatic rings. The summed E-state index contributed by atoms with van der Waals surface area (Å²) in [4.78, 5) is 11.3. The fourth-order valence-corrected chi connectivity index (χ4v) is 4.98. The monoisotopic (exact) mass is 369 g/mol. The minimum Gasteiger partial charge on any atom is -0.481 e. The summed E-state index contributed by atoms with van der Waals surface area (Å²) in [6.45, 7) is 4.30. The first kappa shape index (κ1) is 17.1. The maximum Gasteiger partial charge on any atom is 0.307 e. The van der Waals surface area contributed by atoms with Gasteiger partial charge in [0.25, 0.3) is 0 Å². The van der Waals surface area contributed by atoms with Gasteiger partial charge in [-0.25, -0.2) is 0 Å². The first-order chi connectivity index (χ1) is 13.5. The number of fused-ring (bicyclic) bond motifs is 3.